The van der Waals surface area contributed by atoms with Crippen LogP contribution in [0.15, 0.2) is 36.4 Å². The molecule has 0 aromatic carbocycles. The lowest BCUT2D eigenvalue weighted by Crippen LogP contribution is -2.36. The van der Waals surface area contributed by atoms with Gasteiger partial charge in [0.2, 0.25) is 11.6 Å². The topological polar surface area (TPSA) is 103 Å². The lowest BCUT2D eigenvalue weighted by molar-refractivity contribution is 0.311. The Morgan fingerprint density at radius 1 is 0.405 bits per heavy atom. The van der Waals surface area contributed by atoms with E-state index < -0.39 is 0 Å². The molecule has 0 saturated heterocycles. The molecule has 2 aliphatic rings. The van der Waals surface area contributed by atoms with Gasteiger partial charge in [-0.15, -0.1) is 10.2 Å². The minimum atomic E-state index is -0.0598. The first kappa shape index (κ1) is 29.8. The molecule has 0 atom stereocenters. The van der Waals surface area contributed by atoms with E-state index in [1.165, 1.54) is 0 Å². The van der Waals surface area contributed by atoms with Gasteiger partial charge in [-0.3, -0.25) is 0 Å². The van der Waals surface area contributed by atoms with Crippen LogP contribution in [-0.4, -0.2) is 40.3 Å². The smallest absolute Gasteiger partial charge is 0.200 e. The molecule has 8 heteroatoms. The first-order chi connectivity index (χ1) is 19.8. The van der Waals surface area contributed by atoms with Gasteiger partial charge in [-0.05, 0) is 49.9 Å². The van der Waals surface area contributed by atoms with E-state index in [9.17, 15) is 0 Å². The molecule has 0 radical (unpaired) electrons. The van der Waals surface area contributed by atoms with Gasteiger partial charge in [-0.25, -0.2) is 19.9 Å². The van der Waals surface area contributed by atoms with Gasteiger partial charge < -0.3 is 0 Å². The predicted octanol–water partition coefficient (Wildman–Crippen LogP) is 7.57. The summed E-state index contributed by atoms with van der Waals surface area (Å²) < 4.78 is 0. The second kappa shape index (κ2) is 10.5. The molecule has 0 aliphatic heterocycles. The van der Waals surface area contributed by atoms with Crippen LogP contribution in [0.2, 0.25) is 0 Å². The molecule has 2 aliphatic carbocycles. The van der Waals surface area contributed by atoms with Crippen molar-refractivity contribution in [3.63, 3.8) is 0 Å². The van der Waals surface area contributed by atoms with Crippen molar-refractivity contribution in [2.75, 3.05) is 0 Å². The van der Waals surface area contributed by atoms with Crippen LogP contribution < -0.4 is 0 Å². The molecule has 42 heavy (non-hydrogen) atoms. The molecule has 0 spiro atoms. The highest BCUT2D eigenvalue weighted by molar-refractivity contribution is 5.63. The molecule has 0 saturated carbocycles. The van der Waals surface area contributed by atoms with Crippen molar-refractivity contribution in [3.8, 4) is 34.4 Å². The number of nitrogens with zero attached hydrogens (tertiary/aromatic N) is 8. The minimum absolute atomic E-state index is 0.0401. The van der Waals surface area contributed by atoms with Gasteiger partial charge >= 0.3 is 0 Å². The molecule has 0 N–H and O–H groups in total. The summed E-state index contributed by atoms with van der Waals surface area (Å²) in [5.74, 6) is 1.07. The van der Waals surface area contributed by atoms with Gasteiger partial charge in [0.1, 0.15) is 11.4 Å². The van der Waals surface area contributed by atoms with Gasteiger partial charge in [0.25, 0.3) is 0 Å². The maximum Gasteiger partial charge on any atom is 0.200 e. The van der Waals surface area contributed by atoms with E-state index in [-0.39, 0.29) is 21.7 Å². The van der Waals surface area contributed by atoms with Crippen LogP contribution in [0.25, 0.3) is 34.4 Å². The Bertz CT molecular complexity index is 1500. The van der Waals surface area contributed by atoms with E-state index >= 15 is 0 Å². The van der Waals surface area contributed by atoms with E-state index in [0.717, 1.165) is 59.8 Å². The Hall–Kier alpha value is -3.68. The summed E-state index contributed by atoms with van der Waals surface area (Å²) in [7, 11) is 0. The number of hydrogen-bond acceptors (Lipinski definition) is 8. The van der Waals surface area contributed by atoms with E-state index in [0.29, 0.717) is 23.0 Å². The summed E-state index contributed by atoms with van der Waals surface area (Å²) >= 11 is 0. The van der Waals surface area contributed by atoms with E-state index in [1.54, 1.807) is 0 Å². The Morgan fingerprint density at radius 3 is 1.07 bits per heavy atom. The van der Waals surface area contributed by atoms with Crippen molar-refractivity contribution in [2.45, 2.75) is 117 Å². The van der Waals surface area contributed by atoms with Crippen LogP contribution >= 0.6 is 0 Å². The fourth-order valence-corrected chi connectivity index (χ4v) is 5.85. The molecule has 0 unspecified atom stereocenters. The highest BCUT2D eigenvalue weighted by Crippen LogP contribution is 2.45. The number of aromatic nitrogens is 8. The third-order valence-electron chi connectivity index (χ3n) is 8.91. The van der Waals surface area contributed by atoms with Crippen molar-refractivity contribution >= 4 is 0 Å². The zero-order chi connectivity index (χ0) is 30.5. The van der Waals surface area contributed by atoms with E-state index in [2.05, 4.69) is 75.8 Å². The largest absolute Gasteiger partial charge is 0.243 e. The zero-order valence-corrected chi connectivity index (χ0v) is 26.9. The summed E-state index contributed by atoms with van der Waals surface area (Å²) in [5, 5.41) is 18.4. The monoisotopic (exact) mass is 564 g/mol. The Labute approximate surface area is 250 Å². The second-order valence-electron chi connectivity index (χ2n) is 14.0. The average Bonchev–Trinajstić information content (AvgIpc) is 2.99. The number of rotatable bonds is 3. The highest BCUT2D eigenvalue weighted by atomic mass is 15.2. The average molecular weight is 565 g/mol. The van der Waals surface area contributed by atoms with Crippen molar-refractivity contribution in [3.05, 3.63) is 59.2 Å². The van der Waals surface area contributed by atoms with Crippen molar-refractivity contribution < 1.29 is 0 Å². The molecule has 6 rings (SSSR count). The lowest BCUT2D eigenvalue weighted by Gasteiger charge is -2.39. The molecule has 4 aromatic heterocycles. The zero-order valence-electron chi connectivity index (χ0n) is 26.9. The van der Waals surface area contributed by atoms with Crippen LogP contribution in [0.5, 0.6) is 0 Å². The maximum absolute atomic E-state index is 5.01. The third-order valence-corrected chi connectivity index (χ3v) is 8.91. The van der Waals surface area contributed by atoms with Gasteiger partial charge in [-0.2, -0.15) is 10.2 Å². The predicted molar refractivity (Wildman–Crippen MR) is 167 cm³/mol. The van der Waals surface area contributed by atoms with Gasteiger partial charge in [0.15, 0.2) is 0 Å². The van der Waals surface area contributed by atoms with E-state index in [4.69, 9.17) is 19.9 Å². The number of hydrogen-bond donors (Lipinski definition) is 0. The van der Waals surface area contributed by atoms with Gasteiger partial charge in [-0.1, -0.05) is 81.4 Å². The summed E-state index contributed by atoms with van der Waals surface area (Å²) in [6.45, 7) is 21.8. The maximum atomic E-state index is 5.01. The normalized spacial score (nSPS) is 19.1. The molecule has 0 bridgehead atoms. The molecule has 220 valence electrons. The molecular formula is C34H44N8. The Balaban J connectivity index is 0.00000173. The Kier molecular flexibility index (Phi) is 7.48. The summed E-state index contributed by atoms with van der Waals surface area (Å²) in [6.07, 6.45) is 4.25. The number of fused-ring (bicyclic) bond motifs is 2. The molecule has 0 fully saturated rings. The third kappa shape index (κ3) is 5.32. The molecular weight excluding hydrogens is 520 g/mol. The van der Waals surface area contributed by atoms with Crippen molar-refractivity contribution in [1.82, 2.24) is 40.3 Å². The summed E-state index contributed by atoms with van der Waals surface area (Å²) in [5.41, 5.74) is 6.62. The first-order valence-electron chi connectivity index (χ1n) is 15.2. The SMILES string of the molecule is CC.CC1(C)CCC(C)(C)c2nc(-c3cccc(-c4cccc(-c5nnc6c(n5)C(C)(C)CCC6(C)C)n4)n3)nnc21. The summed E-state index contributed by atoms with van der Waals surface area (Å²) in [4.78, 5) is 19.8. The number of pyridine rings is 2. The van der Waals surface area contributed by atoms with Crippen LogP contribution in [-0.2, 0) is 21.7 Å². The standard InChI is InChI=1S/C32H38N8.C2H6/c1-29(2)15-17-31(5,6)25-23(29)35-27(39-37-25)21-13-9-11-19(33-21)20-12-10-14-22(34-20)28-36-24-26(38-40-28)32(7,8)18-16-30(24,3)4;1-2/h9-14H,15-18H2,1-8H3;1-2H3. The second-order valence-corrected chi connectivity index (χ2v) is 14.0. The van der Waals surface area contributed by atoms with Crippen LogP contribution in [0.4, 0.5) is 0 Å². The van der Waals surface area contributed by atoms with Crippen molar-refractivity contribution in [2.24, 2.45) is 0 Å². The Morgan fingerprint density at radius 2 is 0.714 bits per heavy atom. The minimum Gasteiger partial charge on any atom is -0.243 e. The van der Waals surface area contributed by atoms with Gasteiger partial charge in [0.05, 0.1) is 34.2 Å². The lowest BCUT2D eigenvalue weighted by atomic mass is 9.67. The fourth-order valence-electron chi connectivity index (χ4n) is 5.85. The molecule has 0 amide bonds. The van der Waals surface area contributed by atoms with Gasteiger partial charge in [0, 0.05) is 21.7 Å². The first-order valence-corrected chi connectivity index (χ1v) is 15.2. The quantitative estimate of drug-likeness (QED) is 0.251. The summed E-state index contributed by atoms with van der Waals surface area (Å²) in [6, 6.07) is 11.7. The fraction of sp³-hybridized carbons (Fsp3) is 0.529. The molecule has 4 aromatic rings. The highest BCUT2D eigenvalue weighted by Gasteiger charge is 2.41. The molecule has 8 nitrogen and oxygen atoms in total. The van der Waals surface area contributed by atoms with Crippen LogP contribution in [0.1, 0.15) is 118 Å². The van der Waals surface area contributed by atoms with Crippen LogP contribution in [0, 0.1) is 0 Å². The molecule has 4 heterocycles. The van der Waals surface area contributed by atoms with Crippen molar-refractivity contribution in [1.29, 1.82) is 0 Å². The van der Waals surface area contributed by atoms with Crippen LogP contribution in [0.3, 0.4) is 0 Å². The van der Waals surface area contributed by atoms with E-state index in [1.807, 2.05) is 50.2 Å².